The average Bonchev–Trinajstić information content (AvgIpc) is 2.45. The number of ether oxygens (including phenoxy) is 1. The maximum Gasteiger partial charge on any atom is 0.220 e. The highest BCUT2D eigenvalue weighted by Gasteiger charge is 2.01. The molecule has 1 amide bonds. The van der Waals surface area contributed by atoms with Crippen LogP contribution >= 0.6 is 0 Å². The first-order valence-electron chi connectivity index (χ1n) is 7.09. The van der Waals surface area contributed by atoms with E-state index < -0.39 is 0 Å². The van der Waals surface area contributed by atoms with Crippen molar-refractivity contribution in [2.24, 2.45) is 0 Å². The quantitative estimate of drug-likeness (QED) is 0.696. The molecule has 1 aromatic carbocycles. The van der Waals surface area contributed by atoms with Gasteiger partial charge < -0.3 is 10.1 Å². The smallest absolute Gasteiger partial charge is 0.220 e. The zero-order valence-corrected chi connectivity index (χ0v) is 12.1. The van der Waals surface area contributed by atoms with E-state index in [4.69, 9.17) is 4.74 Å². The Morgan fingerprint density at radius 2 is 1.84 bits per heavy atom. The van der Waals surface area contributed by atoms with Crippen LogP contribution in [0.1, 0.15) is 37.3 Å². The first kappa shape index (κ1) is 15.7. The largest absolute Gasteiger partial charge is 0.385 e. The van der Waals surface area contributed by atoms with Crippen LogP contribution in [-0.2, 0) is 22.4 Å². The Morgan fingerprint density at radius 1 is 1.16 bits per heavy atom. The first-order valence-corrected chi connectivity index (χ1v) is 7.09. The van der Waals surface area contributed by atoms with Crippen molar-refractivity contribution in [1.29, 1.82) is 0 Å². The molecule has 3 nitrogen and oxygen atoms in total. The maximum absolute atomic E-state index is 11.6. The Bertz CT molecular complexity index is 360. The van der Waals surface area contributed by atoms with Crippen LogP contribution in [0.25, 0.3) is 0 Å². The minimum atomic E-state index is 0.136. The fourth-order valence-electron chi connectivity index (χ4n) is 1.89. The molecule has 1 aromatic rings. The van der Waals surface area contributed by atoms with Gasteiger partial charge >= 0.3 is 0 Å². The highest BCUT2D eigenvalue weighted by Crippen LogP contribution is 2.07. The molecule has 0 heterocycles. The monoisotopic (exact) mass is 263 g/mol. The van der Waals surface area contributed by atoms with Gasteiger partial charge in [0.05, 0.1) is 0 Å². The van der Waals surface area contributed by atoms with Gasteiger partial charge in [0.1, 0.15) is 0 Å². The number of aryl methyl sites for hydroxylation is 2. The number of hydrogen-bond donors (Lipinski definition) is 1. The van der Waals surface area contributed by atoms with Crippen LogP contribution in [0.2, 0.25) is 0 Å². The zero-order chi connectivity index (χ0) is 13.9. The second-order valence-electron chi connectivity index (χ2n) is 4.72. The number of methoxy groups -OCH3 is 1. The number of carbonyl (C=O) groups excluding carboxylic acids is 1. The predicted octanol–water partition coefficient (Wildman–Crippen LogP) is 2.72. The third-order valence-corrected chi connectivity index (χ3v) is 3.17. The molecule has 0 radical (unpaired) electrons. The van der Waals surface area contributed by atoms with Crippen LogP contribution < -0.4 is 5.32 Å². The summed E-state index contributed by atoms with van der Waals surface area (Å²) in [6.45, 7) is 3.66. The van der Waals surface area contributed by atoms with E-state index in [1.807, 2.05) is 0 Å². The molecule has 0 atom stereocenters. The van der Waals surface area contributed by atoms with E-state index in [1.165, 1.54) is 11.1 Å². The SMILES string of the molecule is CCc1ccc(CCC(=O)NCCCCOC)cc1. The lowest BCUT2D eigenvalue weighted by Gasteiger charge is -2.05. The van der Waals surface area contributed by atoms with Gasteiger partial charge in [-0.15, -0.1) is 0 Å². The third-order valence-electron chi connectivity index (χ3n) is 3.17. The molecular weight excluding hydrogens is 238 g/mol. The van der Waals surface area contributed by atoms with Crippen molar-refractivity contribution >= 4 is 5.91 Å². The van der Waals surface area contributed by atoms with Crippen molar-refractivity contribution in [3.8, 4) is 0 Å². The number of nitrogens with one attached hydrogen (secondary N) is 1. The number of unbranched alkanes of at least 4 members (excludes halogenated alkanes) is 1. The average molecular weight is 263 g/mol. The van der Waals surface area contributed by atoms with Gasteiger partial charge in [-0.05, 0) is 36.8 Å². The first-order chi connectivity index (χ1) is 9.26. The molecular formula is C16H25NO2. The molecule has 0 aliphatic rings. The summed E-state index contributed by atoms with van der Waals surface area (Å²) in [5, 5.41) is 2.94. The van der Waals surface area contributed by atoms with Crippen molar-refractivity contribution < 1.29 is 9.53 Å². The molecule has 106 valence electrons. The minimum Gasteiger partial charge on any atom is -0.385 e. The highest BCUT2D eigenvalue weighted by molar-refractivity contribution is 5.76. The van der Waals surface area contributed by atoms with Gasteiger partial charge in [0, 0.05) is 26.7 Å². The Balaban J connectivity index is 2.15. The number of hydrogen-bond acceptors (Lipinski definition) is 2. The fourth-order valence-corrected chi connectivity index (χ4v) is 1.89. The van der Waals surface area contributed by atoms with Crippen molar-refractivity contribution in [2.75, 3.05) is 20.3 Å². The van der Waals surface area contributed by atoms with Crippen molar-refractivity contribution in [2.45, 2.75) is 39.0 Å². The highest BCUT2D eigenvalue weighted by atomic mass is 16.5. The zero-order valence-electron chi connectivity index (χ0n) is 12.1. The van der Waals surface area contributed by atoms with E-state index in [9.17, 15) is 4.79 Å². The molecule has 0 aromatic heterocycles. The van der Waals surface area contributed by atoms with Crippen LogP contribution in [0.15, 0.2) is 24.3 Å². The van der Waals surface area contributed by atoms with Crippen LogP contribution in [0.5, 0.6) is 0 Å². The molecule has 19 heavy (non-hydrogen) atoms. The summed E-state index contributed by atoms with van der Waals surface area (Å²) in [5.74, 6) is 0.136. The van der Waals surface area contributed by atoms with E-state index in [0.29, 0.717) is 6.42 Å². The summed E-state index contributed by atoms with van der Waals surface area (Å²) in [6.07, 6.45) is 4.41. The van der Waals surface area contributed by atoms with Gasteiger partial charge in [0.2, 0.25) is 5.91 Å². The van der Waals surface area contributed by atoms with Crippen LogP contribution in [0.4, 0.5) is 0 Å². The van der Waals surface area contributed by atoms with Crippen LogP contribution in [-0.4, -0.2) is 26.2 Å². The maximum atomic E-state index is 11.6. The lowest BCUT2D eigenvalue weighted by atomic mass is 10.1. The van der Waals surface area contributed by atoms with Gasteiger partial charge in [-0.1, -0.05) is 31.2 Å². The Morgan fingerprint density at radius 3 is 2.47 bits per heavy atom. The van der Waals surface area contributed by atoms with E-state index >= 15 is 0 Å². The molecule has 1 rings (SSSR count). The lowest BCUT2D eigenvalue weighted by Crippen LogP contribution is -2.24. The normalized spacial score (nSPS) is 10.4. The Labute approximate surface area is 116 Å². The molecule has 0 unspecified atom stereocenters. The summed E-state index contributed by atoms with van der Waals surface area (Å²) in [7, 11) is 1.70. The molecule has 0 saturated heterocycles. The van der Waals surface area contributed by atoms with Gasteiger partial charge in [-0.25, -0.2) is 0 Å². The second-order valence-corrected chi connectivity index (χ2v) is 4.72. The third kappa shape index (κ3) is 6.97. The number of amides is 1. The van der Waals surface area contributed by atoms with Gasteiger partial charge in [0.15, 0.2) is 0 Å². The van der Waals surface area contributed by atoms with E-state index in [0.717, 1.165) is 38.8 Å². The predicted molar refractivity (Wildman–Crippen MR) is 78.3 cm³/mol. The number of benzene rings is 1. The molecule has 0 saturated carbocycles. The summed E-state index contributed by atoms with van der Waals surface area (Å²) in [6, 6.07) is 8.51. The minimum absolute atomic E-state index is 0.136. The second kappa shape index (κ2) is 9.56. The van der Waals surface area contributed by atoms with Gasteiger partial charge in [-0.3, -0.25) is 4.79 Å². The summed E-state index contributed by atoms with van der Waals surface area (Å²) in [4.78, 5) is 11.6. The number of rotatable bonds is 9. The fraction of sp³-hybridized carbons (Fsp3) is 0.562. The molecule has 0 aliphatic carbocycles. The summed E-state index contributed by atoms with van der Waals surface area (Å²) in [5.41, 5.74) is 2.57. The van der Waals surface area contributed by atoms with Crippen molar-refractivity contribution in [1.82, 2.24) is 5.32 Å². The van der Waals surface area contributed by atoms with E-state index in [2.05, 4.69) is 36.5 Å². The Hall–Kier alpha value is -1.35. The molecule has 0 bridgehead atoms. The van der Waals surface area contributed by atoms with Gasteiger partial charge in [-0.2, -0.15) is 0 Å². The van der Waals surface area contributed by atoms with Crippen LogP contribution in [0.3, 0.4) is 0 Å². The topological polar surface area (TPSA) is 38.3 Å². The summed E-state index contributed by atoms with van der Waals surface area (Å²) < 4.78 is 4.96. The van der Waals surface area contributed by atoms with E-state index in [-0.39, 0.29) is 5.91 Å². The van der Waals surface area contributed by atoms with Gasteiger partial charge in [0.25, 0.3) is 0 Å². The Kier molecular flexibility index (Phi) is 7.91. The lowest BCUT2D eigenvalue weighted by molar-refractivity contribution is -0.121. The van der Waals surface area contributed by atoms with Crippen molar-refractivity contribution in [3.63, 3.8) is 0 Å². The molecule has 1 N–H and O–H groups in total. The standard InChI is InChI=1S/C16H25NO2/c1-3-14-6-8-15(9-7-14)10-11-16(18)17-12-4-5-13-19-2/h6-9H,3-5,10-13H2,1-2H3,(H,17,18). The molecule has 0 fully saturated rings. The molecule has 3 heteroatoms. The van der Waals surface area contributed by atoms with Crippen molar-refractivity contribution in [3.05, 3.63) is 35.4 Å². The number of carbonyl (C=O) groups is 1. The van der Waals surface area contributed by atoms with Crippen LogP contribution in [0, 0.1) is 0 Å². The molecule has 0 aliphatic heterocycles. The van der Waals surface area contributed by atoms with E-state index in [1.54, 1.807) is 7.11 Å². The molecule has 0 spiro atoms. The summed E-state index contributed by atoms with van der Waals surface area (Å²) >= 11 is 0.